The van der Waals surface area contributed by atoms with Gasteiger partial charge in [-0.1, -0.05) is 19.1 Å². The summed E-state index contributed by atoms with van der Waals surface area (Å²) < 4.78 is 4.84. The van der Waals surface area contributed by atoms with E-state index >= 15 is 0 Å². The first-order chi connectivity index (χ1) is 9.52. The Bertz CT molecular complexity index is 475. The maximum atomic E-state index is 11.8. The Morgan fingerprint density at radius 2 is 2.05 bits per heavy atom. The van der Waals surface area contributed by atoms with Crippen molar-refractivity contribution in [2.24, 2.45) is 5.92 Å². The first-order valence-electron chi connectivity index (χ1n) is 7.17. The van der Waals surface area contributed by atoms with Crippen molar-refractivity contribution < 1.29 is 9.53 Å². The van der Waals surface area contributed by atoms with Crippen LogP contribution in [0.1, 0.15) is 30.6 Å². The van der Waals surface area contributed by atoms with E-state index in [0.29, 0.717) is 23.6 Å². The van der Waals surface area contributed by atoms with Gasteiger partial charge in [0, 0.05) is 24.3 Å². The Labute approximate surface area is 121 Å². The highest BCUT2D eigenvalue weighted by Gasteiger charge is 2.29. The van der Waals surface area contributed by atoms with Crippen LogP contribution in [0.15, 0.2) is 24.3 Å². The number of likely N-dealkylation sites (tertiary alicyclic amines) is 1. The van der Waals surface area contributed by atoms with Gasteiger partial charge in [-0.05, 0) is 38.4 Å². The topological polar surface area (TPSA) is 41.6 Å². The number of ether oxygens (including phenoxy) is 1. The molecule has 3 atom stereocenters. The predicted octanol–water partition coefficient (Wildman–Crippen LogP) is 2.61. The van der Waals surface area contributed by atoms with E-state index in [1.807, 2.05) is 18.2 Å². The van der Waals surface area contributed by atoms with Crippen LogP contribution in [0.5, 0.6) is 0 Å². The molecule has 0 radical (unpaired) electrons. The van der Waals surface area contributed by atoms with Crippen molar-refractivity contribution in [2.45, 2.75) is 32.4 Å². The molecule has 1 saturated heterocycles. The minimum atomic E-state index is -0.290. The third-order valence-corrected chi connectivity index (χ3v) is 4.28. The number of para-hydroxylation sites is 1. The molecule has 1 aromatic carbocycles. The molecule has 1 N–H and O–H groups in total. The average molecular weight is 276 g/mol. The molecular weight excluding hydrogens is 252 g/mol. The summed E-state index contributed by atoms with van der Waals surface area (Å²) in [4.78, 5) is 14.2. The fourth-order valence-corrected chi connectivity index (χ4v) is 2.84. The minimum absolute atomic E-state index is 0.290. The van der Waals surface area contributed by atoms with Crippen molar-refractivity contribution in [1.29, 1.82) is 0 Å². The van der Waals surface area contributed by atoms with Gasteiger partial charge in [-0.25, -0.2) is 4.79 Å². The lowest BCUT2D eigenvalue weighted by Gasteiger charge is -2.40. The lowest BCUT2D eigenvalue weighted by molar-refractivity contribution is 0.0601. The number of hydrogen-bond donors (Lipinski definition) is 1. The van der Waals surface area contributed by atoms with Crippen molar-refractivity contribution in [3.8, 4) is 0 Å². The molecule has 0 saturated carbocycles. The number of methoxy groups -OCH3 is 1. The first kappa shape index (κ1) is 14.9. The third kappa shape index (κ3) is 3.12. The van der Waals surface area contributed by atoms with Gasteiger partial charge >= 0.3 is 5.97 Å². The Morgan fingerprint density at radius 3 is 2.75 bits per heavy atom. The average Bonchev–Trinajstić information content (AvgIpc) is 2.44. The second-order valence-electron chi connectivity index (χ2n) is 5.79. The number of piperidine rings is 1. The van der Waals surface area contributed by atoms with Gasteiger partial charge in [0.2, 0.25) is 0 Å². The lowest BCUT2D eigenvalue weighted by atomic mass is 9.89. The van der Waals surface area contributed by atoms with E-state index in [-0.39, 0.29) is 5.97 Å². The summed E-state index contributed by atoms with van der Waals surface area (Å²) in [6.07, 6.45) is 1.08. The lowest BCUT2D eigenvalue weighted by Crippen LogP contribution is -2.48. The van der Waals surface area contributed by atoms with Crippen molar-refractivity contribution in [3.63, 3.8) is 0 Å². The smallest absolute Gasteiger partial charge is 0.339 e. The SMILES string of the molecule is COC(=O)c1ccccc1NC1CC(C)N(C)CC1C. The summed E-state index contributed by atoms with van der Waals surface area (Å²) in [5.41, 5.74) is 1.47. The number of nitrogens with zero attached hydrogens (tertiary/aromatic N) is 1. The van der Waals surface area contributed by atoms with Gasteiger partial charge in [0.05, 0.1) is 12.7 Å². The van der Waals surface area contributed by atoms with Gasteiger partial charge < -0.3 is 15.0 Å². The molecule has 1 aliphatic heterocycles. The molecule has 0 aliphatic carbocycles. The molecule has 0 amide bonds. The molecule has 3 unspecified atom stereocenters. The van der Waals surface area contributed by atoms with Crippen LogP contribution in [0, 0.1) is 5.92 Å². The summed E-state index contributed by atoms with van der Waals surface area (Å²) in [6, 6.07) is 8.48. The Balaban J connectivity index is 2.16. The standard InChI is InChI=1S/C16H24N2O2/c1-11-10-18(3)12(2)9-15(11)17-14-8-6-5-7-13(14)16(19)20-4/h5-8,11-12,15,17H,9-10H2,1-4H3. The van der Waals surface area contributed by atoms with Gasteiger partial charge in [-0.15, -0.1) is 0 Å². The second kappa shape index (κ2) is 6.27. The van der Waals surface area contributed by atoms with Gasteiger partial charge in [-0.3, -0.25) is 0 Å². The number of carbonyl (C=O) groups excluding carboxylic acids is 1. The Hall–Kier alpha value is -1.55. The molecule has 0 spiro atoms. The van der Waals surface area contributed by atoms with Crippen LogP contribution in [0.4, 0.5) is 5.69 Å². The molecule has 1 aliphatic rings. The first-order valence-corrected chi connectivity index (χ1v) is 7.17. The van der Waals surface area contributed by atoms with Gasteiger partial charge in [0.1, 0.15) is 0 Å². The summed E-state index contributed by atoms with van der Waals surface area (Å²) in [5.74, 6) is 0.253. The Kier molecular flexibility index (Phi) is 4.65. The quantitative estimate of drug-likeness (QED) is 0.862. The van der Waals surface area contributed by atoms with E-state index in [2.05, 4.69) is 31.1 Å². The van der Waals surface area contributed by atoms with Crippen molar-refractivity contribution >= 4 is 11.7 Å². The van der Waals surface area contributed by atoms with Crippen LogP contribution in [-0.2, 0) is 4.74 Å². The fourth-order valence-electron chi connectivity index (χ4n) is 2.84. The van der Waals surface area contributed by atoms with Crippen LogP contribution in [0.25, 0.3) is 0 Å². The van der Waals surface area contributed by atoms with Crippen molar-refractivity contribution in [2.75, 3.05) is 26.0 Å². The summed E-state index contributed by atoms with van der Waals surface area (Å²) in [6.45, 7) is 5.56. The maximum absolute atomic E-state index is 11.8. The van der Waals surface area contributed by atoms with Crippen molar-refractivity contribution in [3.05, 3.63) is 29.8 Å². The predicted molar refractivity (Wildman–Crippen MR) is 81.1 cm³/mol. The summed E-state index contributed by atoms with van der Waals surface area (Å²) in [5, 5.41) is 3.54. The van der Waals surface area contributed by atoms with Crippen molar-refractivity contribution in [1.82, 2.24) is 4.90 Å². The number of hydrogen-bond acceptors (Lipinski definition) is 4. The van der Waals surface area contributed by atoms with E-state index in [1.165, 1.54) is 7.11 Å². The summed E-state index contributed by atoms with van der Waals surface area (Å²) in [7, 11) is 3.58. The highest BCUT2D eigenvalue weighted by molar-refractivity contribution is 5.95. The Morgan fingerprint density at radius 1 is 1.35 bits per heavy atom. The molecular formula is C16H24N2O2. The number of nitrogens with one attached hydrogen (secondary N) is 1. The molecule has 1 heterocycles. The van der Waals surface area contributed by atoms with Gasteiger partial charge in [0.15, 0.2) is 0 Å². The number of anilines is 1. The molecule has 2 rings (SSSR count). The fraction of sp³-hybridized carbons (Fsp3) is 0.562. The van der Waals surface area contributed by atoms with Crippen LogP contribution in [0.3, 0.4) is 0 Å². The van der Waals surface area contributed by atoms with E-state index in [9.17, 15) is 4.79 Å². The largest absolute Gasteiger partial charge is 0.465 e. The van der Waals surface area contributed by atoms with Crippen LogP contribution in [-0.4, -0.2) is 43.7 Å². The normalized spacial score (nSPS) is 27.1. The molecule has 1 aromatic rings. The van der Waals surface area contributed by atoms with E-state index < -0.39 is 0 Å². The second-order valence-corrected chi connectivity index (χ2v) is 5.79. The molecule has 0 bridgehead atoms. The number of carbonyl (C=O) groups is 1. The molecule has 1 fully saturated rings. The van der Waals surface area contributed by atoms with E-state index in [1.54, 1.807) is 6.07 Å². The highest BCUT2D eigenvalue weighted by Crippen LogP contribution is 2.26. The zero-order valence-electron chi connectivity index (χ0n) is 12.7. The maximum Gasteiger partial charge on any atom is 0.339 e. The minimum Gasteiger partial charge on any atom is -0.465 e. The molecule has 4 nitrogen and oxygen atoms in total. The molecule has 20 heavy (non-hydrogen) atoms. The number of benzene rings is 1. The van der Waals surface area contributed by atoms with E-state index in [4.69, 9.17) is 4.74 Å². The zero-order chi connectivity index (χ0) is 14.7. The molecule has 110 valence electrons. The monoisotopic (exact) mass is 276 g/mol. The number of rotatable bonds is 3. The zero-order valence-corrected chi connectivity index (χ0v) is 12.7. The van der Waals surface area contributed by atoms with Crippen LogP contribution in [0.2, 0.25) is 0 Å². The van der Waals surface area contributed by atoms with E-state index in [0.717, 1.165) is 18.7 Å². The van der Waals surface area contributed by atoms with Crippen LogP contribution >= 0.6 is 0 Å². The van der Waals surface area contributed by atoms with Gasteiger partial charge in [0.25, 0.3) is 0 Å². The van der Waals surface area contributed by atoms with Crippen LogP contribution < -0.4 is 5.32 Å². The summed E-state index contributed by atoms with van der Waals surface area (Å²) >= 11 is 0. The highest BCUT2D eigenvalue weighted by atomic mass is 16.5. The number of esters is 1. The van der Waals surface area contributed by atoms with Gasteiger partial charge in [-0.2, -0.15) is 0 Å². The molecule has 0 aromatic heterocycles. The third-order valence-electron chi connectivity index (χ3n) is 4.28. The molecule has 4 heteroatoms.